The van der Waals surface area contributed by atoms with E-state index in [-0.39, 0.29) is 0 Å². The van der Waals surface area contributed by atoms with Gasteiger partial charge >= 0.3 is 0 Å². The van der Waals surface area contributed by atoms with Crippen molar-refractivity contribution in [3.8, 4) is 0 Å². The van der Waals surface area contributed by atoms with Gasteiger partial charge in [0, 0.05) is 37.5 Å². The smallest absolute Gasteiger partial charge is 0.0431 e. The number of benzene rings is 1. The maximum absolute atomic E-state index is 9.00. The van der Waals surface area contributed by atoms with E-state index in [2.05, 4.69) is 34.5 Å². The highest BCUT2D eigenvalue weighted by Gasteiger charge is 2.24. The minimum Gasteiger partial charge on any atom is -0.396 e. The number of rotatable bonds is 7. The fourth-order valence-electron chi connectivity index (χ4n) is 3.16. The molecule has 0 bridgehead atoms. The zero-order valence-corrected chi connectivity index (χ0v) is 12.2. The van der Waals surface area contributed by atoms with E-state index in [0.29, 0.717) is 12.6 Å². The molecule has 0 aromatic heterocycles. The Hall–Kier alpha value is -1.06. The number of hydrogen-bond acceptors (Lipinski definition) is 3. The Labute approximate surface area is 122 Å². The maximum Gasteiger partial charge on any atom is 0.0431 e. The average Bonchev–Trinajstić information content (AvgIpc) is 3.20. The highest BCUT2D eigenvalue weighted by Crippen LogP contribution is 2.28. The lowest BCUT2D eigenvalue weighted by Gasteiger charge is -2.27. The van der Waals surface area contributed by atoms with Gasteiger partial charge in [-0.05, 0) is 56.2 Å². The second-order valence-electron chi connectivity index (χ2n) is 6.18. The Morgan fingerprint density at radius 1 is 1.15 bits per heavy atom. The van der Waals surface area contributed by atoms with Crippen LogP contribution in [0, 0.1) is 0 Å². The Bertz CT molecular complexity index is 414. The Morgan fingerprint density at radius 2 is 1.95 bits per heavy atom. The first-order valence-electron chi connectivity index (χ1n) is 8.06. The van der Waals surface area contributed by atoms with Crippen LogP contribution in [-0.4, -0.2) is 30.3 Å². The number of aliphatic hydroxyl groups excluding tert-OH is 1. The number of aliphatic hydroxyl groups is 1. The van der Waals surface area contributed by atoms with E-state index in [9.17, 15) is 0 Å². The van der Waals surface area contributed by atoms with Crippen LogP contribution in [0.5, 0.6) is 0 Å². The summed E-state index contributed by atoms with van der Waals surface area (Å²) in [5.41, 5.74) is 2.73. The van der Waals surface area contributed by atoms with E-state index in [1.54, 1.807) is 0 Å². The Morgan fingerprint density at radius 3 is 2.65 bits per heavy atom. The first-order chi connectivity index (χ1) is 9.86. The van der Waals surface area contributed by atoms with Crippen molar-refractivity contribution in [1.29, 1.82) is 0 Å². The van der Waals surface area contributed by atoms with Gasteiger partial charge in [-0.2, -0.15) is 0 Å². The fraction of sp³-hybridized carbons (Fsp3) is 0.647. The van der Waals surface area contributed by atoms with Gasteiger partial charge in [-0.3, -0.25) is 0 Å². The molecule has 1 saturated heterocycles. The van der Waals surface area contributed by atoms with Gasteiger partial charge in [-0.1, -0.05) is 12.1 Å². The SMILES string of the molecule is OCCCC1CCCN1c1ccc(CNC2CC2)cc1. The van der Waals surface area contributed by atoms with Crippen LogP contribution < -0.4 is 10.2 Å². The molecule has 3 heteroatoms. The van der Waals surface area contributed by atoms with Gasteiger partial charge in [0.25, 0.3) is 0 Å². The molecule has 0 spiro atoms. The Kier molecular flexibility index (Phi) is 4.58. The summed E-state index contributed by atoms with van der Waals surface area (Å²) < 4.78 is 0. The van der Waals surface area contributed by atoms with E-state index < -0.39 is 0 Å². The van der Waals surface area contributed by atoms with Crippen LogP contribution in [0.1, 0.15) is 44.1 Å². The number of nitrogens with zero attached hydrogens (tertiary/aromatic N) is 1. The second kappa shape index (κ2) is 6.59. The molecule has 2 N–H and O–H groups in total. The largest absolute Gasteiger partial charge is 0.396 e. The second-order valence-corrected chi connectivity index (χ2v) is 6.18. The summed E-state index contributed by atoms with van der Waals surface area (Å²) in [7, 11) is 0. The summed E-state index contributed by atoms with van der Waals surface area (Å²) in [4.78, 5) is 2.52. The Balaban J connectivity index is 1.57. The van der Waals surface area contributed by atoms with Gasteiger partial charge in [0.2, 0.25) is 0 Å². The zero-order chi connectivity index (χ0) is 13.8. The molecule has 1 atom stereocenters. The van der Waals surface area contributed by atoms with Crippen LogP contribution in [0.4, 0.5) is 5.69 Å². The third kappa shape index (κ3) is 3.53. The maximum atomic E-state index is 9.00. The normalized spacial score (nSPS) is 22.4. The van der Waals surface area contributed by atoms with E-state index in [4.69, 9.17) is 5.11 Å². The summed E-state index contributed by atoms with van der Waals surface area (Å²) in [5.74, 6) is 0. The molecule has 1 aromatic carbocycles. The van der Waals surface area contributed by atoms with Crippen LogP contribution >= 0.6 is 0 Å². The highest BCUT2D eigenvalue weighted by atomic mass is 16.2. The summed E-state index contributed by atoms with van der Waals surface area (Å²) in [6.45, 7) is 2.48. The van der Waals surface area contributed by atoms with E-state index in [1.165, 1.54) is 36.9 Å². The third-order valence-corrected chi connectivity index (χ3v) is 4.51. The van der Waals surface area contributed by atoms with Gasteiger partial charge < -0.3 is 15.3 Å². The molecular weight excluding hydrogens is 248 g/mol. The monoisotopic (exact) mass is 274 g/mol. The van der Waals surface area contributed by atoms with Crippen LogP contribution in [0.3, 0.4) is 0 Å². The zero-order valence-electron chi connectivity index (χ0n) is 12.2. The van der Waals surface area contributed by atoms with Gasteiger partial charge in [-0.15, -0.1) is 0 Å². The summed E-state index contributed by atoms with van der Waals surface area (Å²) in [5, 5.41) is 12.6. The van der Waals surface area contributed by atoms with Gasteiger partial charge in [0.15, 0.2) is 0 Å². The number of nitrogens with one attached hydrogen (secondary N) is 1. The first kappa shape index (κ1) is 13.9. The van der Waals surface area contributed by atoms with Crippen molar-refractivity contribution in [2.75, 3.05) is 18.1 Å². The van der Waals surface area contributed by atoms with Gasteiger partial charge in [-0.25, -0.2) is 0 Å². The standard InChI is InChI=1S/C17H26N2O/c20-12-2-4-16-3-1-11-19(16)17-9-5-14(6-10-17)13-18-15-7-8-15/h5-6,9-10,15-16,18,20H,1-4,7-8,11-13H2. The molecule has 1 unspecified atom stereocenters. The molecule has 20 heavy (non-hydrogen) atoms. The summed E-state index contributed by atoms with van der Waals surface area (Å²) in [6.07, 6.45) is 7.27. The molecule has 2 aliphatic rings. The lowest BCUT2D eigenvalue weighted by molar-refractivity contribution is 0.279. The lowest BCUT2D eigenvalue weighted by atomic mass is 10.1. The first-order valence-corrected chi connectivity index (χ1v) is 8.06. The molecule has 0 radical (unpaired) electrons. The fourth-order valence-corrected chi connectivity index (χ4v) is 3.16. The quantitative estimate of drug-likeness (QED) is 0.802. The van der Waals surface area contributed by atoms with Crippen LogP contribution in [-0.2, 0) is 6.54 Å². The predicted molar refractivity (Wildman–Crippen MR) is 83.0 cm³/mol. The van der Waals surface area contributed by atoms with Crippen molar-refractivity contribution >= 4 is 5.69 Å². The number of anilines is 1. The molecule has 1 saturated carbocycles. The topological polar surface area (TPSA) is 35.5 Å². The van der Waals surface area contributed by atoms with Crippen molar-refractivity contribution in [3.63, 3.8) is 0 Å². The molecule has 1 aliphatic carbocycles. The van der Waals surface area contributed by atoms with Crippen molar-refractivity contribution in [1.82, 2.24) is 5.32 Å². The van der Waals surface area contributed by atoms with Crippen molar-refractivity contribution < 1.29 is 5.11 Å². The summed E-state index contributed by atoms with van der Waals surface area (Å²) in [6, 6.07) is 10.4. The van der Waals surface area contributed by atoms with Crippen molar-refractivity contribution in [3.05, 3.63) is 29.8 Å². The van der Waals surface area contributed by atoms with E-state index in [0.717, 1.165) is 32.0 Å². The van der Waals surface area contributed by atoms with Gasteiger partial charge in [0.1, 0.15) is 0 Å². The molecule has 3 nitrogen and oxygen atoms in total. The molecule has 110 valence electrons. The lowest BCUT2D eigenvalue weighted by Crippen LogP contribution is -2.29. The van der Waals surface area contributed by atoms with Crippen molar-refractivity contribution in [2.45, 2.75) is 57.2 Å². The molecule has 3 rings (SSSR count). The molecule has 2 fully saturated rings. The van der Waals surface area contributed by atoms with Crippen LogP contribution in [0.25, 0.3) is 0 Å². The minimum absolute atomic E-state index is 0.316. The van der Waals surface area contributed by atoms with Crippen LogP contribution in [0.15, 0.2) is 24.3 Å². The minimum atomic E-state index is 0.316. The molecule has 1 heterocycles. The van der Waals surface area contributed by atoms with Gasteiger partial charge in [0.05, 0.1) is 0 Å². The average molecular weight is 274 g/mol. The summed E-state index contributed by atoms with van der Waals surface area (Å²) >= 11 is 0. The molecule has 1 aliphatic heterocycles. The molecular formula is C17H26N2O. The highest BCUT2D eigenvalue weighted by molar-refractivity contribution is 5.49. The van der Waals surface area contributed by atoms with Crippen LogP contribution in [0.2, 0.25) is 0 Å². The molecule has 1 aromatic rings. The number of hydrogen-bond donors (Lipinski definition) is 2. The van der Waals surface area contributed by atoms with E-state index >= 15 is 0 Å². The third-order valence-electron chi connectivity index (χ3n) is 4.51. The van der Waals surface area contributed by atoms with E-state index in [1.807, 2.05) is 0 Å². The predicted octanol–water partition coefficient (Wildman–Crippen LogP) is 2.68. The molecule has 0 amide bonds. The van der Waals surface area contributed by atoms with Crippen molar-refractivity contribution in [2.24, 2.45) is 0 Å².